The van der Waals surface area contributed by atoms with Crippen LogP contribution in [-0.2, 0) is 5.54 Å². The van der Waals surface area contributed by atoms with E-state index in [-0.39, 0.29) is 11.4 Å². The third-order valence-corrected chi connectivity index (χ3v) is 6.96. The summed E-state index contributed by atoms with van der Waals surface area (Å²) >= 11 is 0. The number of pyridine rings is 1. The Hall–Kier alpha value is -4.04. The van der Waals surface area contributed by atoms with Gasteiger partial charge in [0.2, 0.25) is 0 Å². The molecule has 1 amide bonds. The van der Waals surface area contributed by atoms with Crippen LogP contribution in [0.4, 0.5) is 8.78 Å². The van der Waals surface area contributed by atoms with Crippen molar-refractivity contribution in [3.63, 3.8) is 0 Å². The Morgan fingerprint density at radius 2 is 1.92 bits per heavy atom. The van der Waals surface area contributed by atoms with Crippen LogP contribution in [-0.4, -0.2) is 40.8 Å². The molecule has 0 bridgehead atoms. The van der Waals surface area contributed by atoms with Gasteiger partial charge in [0.1, 0.15) is 17.3 Å². The summed E-state index contributed by atoms with van der Waals surface area (Å²) in [5.74, 6) is -1.35. The SMILES string of the molecule is CN/C=C(\CN)c1ccc2ncc(-c3ccc(C(=O)N(C)C4(c5ccc(F)cc5)CC4)c(F)c3)n2c1. The Kier molecular flexibility index (Phi) is 6.05. The van der Waals surface area contributed by atoms with E-state index in [1.54, 1.807) is 36.3 Å². The first kappa shape index (κ1) is 23.7. The Bertz CT molecular complexity index is 1470. The molecule has 0 saturated heterocycles. The first-order chi connectivity index (χ1) is 17.4. The van der Waals surface area contributed by atoms with Gasteiger partial charge in [0.25, 0.3) is 5.91 Å². The second kappa shape index (κ2) is 9.20. The molecule has 1 fully saturated rings. The summed E-state index contributed by atoms with van der Waals surface area (Å²) in [4.78, 5) is 19.3. The number of hydrogen-bond donors (Lipinski definition) is 2. The second-order valence-corrected chi connectivity index (χ2v) is 9.05. The number of imidazole rings is 1. The summed E-state index contributed by atoms with van der Waals surface area (Å²) in [7, 11) is 3.48. The van der Waals surface area contributed by atoms with Crippen molar-refractivity contribution in [2.75, 3.05) is 20.6 Å². The van der Waals surface area contributed by atoms with Crippen LogP contribution in [0.3, 0.4) is 0 Å². The van der Waals surface area contributed by atoms with Crippen LogP contribution >= 0.6 is 0 Å². The smallest absolute Gasteiger partial charge is 0.257 e. The summed E-state index contributed by atoms with van der Waals surface area (Å²) in [6.45, 7) is 0.356. The van der Waals surface area contributed by atoms with Crippen molar-refractivity contribution in [2.24, 2.45) is 5.73 Å². The molecule has 4 aromatic rings. The molecule has 0 spiro atoms. The van der Waals surface area contributed by atoms with Crippen LogP contribution in [0.25, 0.3) is 22.5 Å². The summed E-state index contributed by atoms with van der Waals surface area (Å²) in [5.41, 5.74) is 10.1. The van der Waals surface area contributed by atoms with Gasteiger partial charge in [-0.15, -0.1) is 0 Å². The number of halogens is 2. The van der Waals surface area contributed by atoms with Crippen molar-refractivity contribution in [3.05, 3.63) is 102 Å². The van der Waals surface area contributed by atoms with Crippen LogP contribution in [0.1, 0.15) is 34.3 Å². The number of nitrogens with zero attached hydrogens (tertiary/aromatic N) is 3. The number of carbonyl (C=O) groups excluding carboxylic acids is 1. The zero-order valence-electron chi connectivity index (χ0n) is 20.1. The normalized spacial score (nSPS) is 14.6. The van der Waals surface area contributed by atoms with Gasteiger partial charge in [-0.25, -0.2) is 13.8 Å². The van der Waals surface area contributed by atoms with Crippen LogP contribution in [0.5, 0.6) is 0 Å². The highest BCUT2D eigenvalue weighted by Crippen LogP contribution is 2.50. The van der Waals surface area contributed by atoms with E-state index in [0.717, 1.165) is 29.5 Å². The minimum absolute atomic E-state index is 0.00785. The van der Waals surface area contributed by atoms with Crippen molar-refractivity contribution in [2.45, 2.75) is 18.4 Å². The quantitative estimate of drug-likeness (QED) is 0.401. The van der Waals surface area contributed by atoms with Gasteiger partial charge in [-0.1, -0.05) is 18.2 Å². The topological polar surface area (TPSA) is 75.7 Å². The maximum Gasteiger partial charge on any atom is 0.257 e. The Balaban J connectivity index is 1.46. The Morgan fingerprint density at radius 1 is 1.17 bits per heavy atom. The molecule has 0 aliphatic heterocycles. The number of nitrogens with one attached hydrogen (secondary N) is 1. The monoisotopic (exact) mass is 487 g/mol. The van der Waals surface area contributed by atoms with Crippen molar-refractivity contribution in [3.8, 4) is 11.3 Å². The molecule has 6 nitrogen and oxygen atoms in total. The first-order valence-electron chi connectivity index (χ1n) is 11.8. The number of nitrogens with two attached hydrogens (primary N) is 1. The predicted molar refractivity (Wildman–Crippen MR) is 136 cm³/mol. The van der Waals surface area contributed by atoms with Crippen LogP contribution < -0.4 is 11.1 Å². The minimum atomic E-state index is -0.608. The van der Waals surface area contributed by atoms with E-state index in [1.807, 2.05) is 36.0 Å². The lowest BCUT2D eigenvalue weighted by atomic mass is 10.0. The molecule has 5 rings (SSSR count). The average molecular weight is 488 g/mol. The van der Waals surface area contributed by atoms with E-state index in [9.17, 15) is 9.18 Å². The maximum atomic E-state index is 15.3. The average Bonchev–Trinajstić information content (AvgIpc) is 3.59. The summed E-state index contributed by atoms with van der Waals surface area (Å²) in [5, 5.41) is 3.00. The molecule has 184 valence electrons. The van der Waals surface area contributed by atoms with E-state index in [4.69, 9.17) is 5.73 Å². The standard InChI is InChI=1S/C28H27F2N5O/c1-32-15-20(14-31)19-4-10-26-33-16-25(35(26)17-19)18-3-9-23(24(30)13-18)27(36)34(2)28(11-12-28)21-5-7-22(29)8-6-21/h3-10,13,15-17,32H,11-12,14,31H2,1-2H3/b20-15+. The summed E-state index contributed by atoms with van der Waals surface area (Å²) in [6, 6.07) is 14.6. The van der Waals surface area contributed by atoms with Gasteiger partial charge < -0.3 is 16.0 Å². The van der Waals surface area contributed by atoms with E-state index in [2.05, 4.69) is 10.3 Å². The zero-order chi connectivity index (χ0) is 25.4. The molecular formula is C28H27F2N5O. The molecule has 0 radical (unpaired) electrons. The highest BCUT2D eigenvalue weighted by molar-refractivity contribution is 5.95. The fourth-order valence-corrected chi connectivity index (χ4v) is 4.74. The second-order valence-electron chi connectivity index (χ2n) is 9.05. The van der Waals surface area contributed by atoms with Crippen LogP contribution in [0, 0.1) is 11.6 Å². The van der Waals surface area contributed by atoms with Gasteiger partial charge in [-0.3, -0.25) is 9.20 Å². The molecule has 2 aromatic carbocycles. The number of fused-ring (bicyclic) bond motifs is 1. The Morgan fingerprint density at radius 3 is 2.56 bits per heavy atom. The molecule has 0 atom stereocenters. The summed E-state index contributed by atoms with van der Waals surface area (Å²) in [6.07, 6.45) is 6.93. The molecule has 2 aromatic heterocycles. The van der Waals surface area contributed by atoms with Gasteiger partial charge in [0.05, 0.1) is 23.0 Å². The van der Waals surface area contributed by atoms with Crippen LogP contribution in [0.2, 0.25) is 0 Å². The number of amides is 1. The molecule has 3 N–H and O–H groups in total. The van der Waals surface area contributed by atoms with E-state index in [0.29, 0.717) is 23.4 Å². The number of hydrogen-bond acceptors (Lipinski definition) is 4. The Labute approximate surface area is 208 Å². The van der Waals surface area contributed by atoms with Crippen molar-refractivity contribution >= 4 is 17.1 Å². The number of rotatable bonds is 7. The van der Waals surface area contributed by atoms with E-state index < -0.39 is 17.3 Å². The molecular weight excluding hydrogens is 460 g/mol. The molecule has 1 saturated carbocycles. The lowest BCUT2D eigenvalue weighted by Crippen LogP contribution is -2.37. The highest BCUT2D eigenvalue weighted by Gasteiger charge is 2.50. The molecule has 36 heavy (non-hydrogen) atoms. The van der Waals surface area contributed by atoms with Crippen LogP contribution in [0.15, 0.2) is 73.2 Å². The first-order valence-corrected chi connectivity index (χ1v) is 11.8. The fraction of sp³-hybridized carbons (Fsp3) is 0.214. The fourth-order valence-electron chi connectivity index (χ4n) is 4.74. The molecule has 1 aliphatic rings. The molecule has 8 heteroatoms. The van der Waals surface area contributed by atoms with Gasteiger partial charge in [0, 0.05) is 38.6 Å². The number of aromatic nitrogens is 2. The predicted octanol–water partition coefficient (Wildman–Crippen LogP) is 4.56. The third kappa shape index (κ3) is 4.03. The largest absolute Gasteiger partial charge is 0.394 e. The maximum absolute atomic E-state index is 15.3. The van der Waals surface area contributed by atoms with Gasteiger partial charge >= 0.3 is 0 Å². The molecule has 1 aliphatic carbocycles. The van der Waals surface area contributed by atoms with Gasteiger partial charge in [0.15, 0.2) is 0 Å². The number of benzene rings is 2. The van der Waals surface area contributed by atoms with Crippen molar-refractivity contribution in [1.82, 2.24) is 19.6 Å². The lowest BCUT2D eigenvalue weighted by molar-refractivity contribution is 0.0700. The lowest BCUT2D eigenvalue weighted by Gasteiger charge is -2.29. The number of carbonyl (C=O) groups is 1. The van der Waals surface area contributed by atoms with Gasteiger partial charge in [-0.05, 0) is 65.9 Å². The van der Waals surface area contributed by atoms with E-state index >= 15 is 4.39 Å². The minimum Gasteiger partial charge on any atom is -0.394 e. The van der Waals surface area contributed by atoms with Crippen molar-refractivity contribution < 1.29 is 13.6 Å². The highest BCUT2D eigenvalue weighted by atomic mass is 19.1. The zero-order valence-corrected chi connectivity index (χ0v) is 20.1. The third-order valence-electron chi connectivity index (χ3n) is 6.96. The summed E-state index contributed by atoms with van der Waals surface area (Å²) < 4.78 is 30.6. The molecule has 2 heterocycles. The van der Waals surface area contributed by atoms with Gasteiger partial charge in [-0.2, -0.15) is 0 Å². The van der Waals surface area contributed by atoms with E-state index in [1.165, 1.54) is 24.3 Å². The van der Waals surface area contributed by atoms with Crippen molar-refractivity contribution in [1.29, 1.82) is 0 Å². The molecule has 0 unspecified atom stereocenters.